The van der Waals surface area contributed by atoms with E-state index in [-0.39, 0.29) is 0 Å². The lowest BCUT2D eigenvalue weighted by Crippen LogP contribution is -2.29. The van der Waals surface area contributed by atoms with E-state index in [4.69, 9.17) is 5.73 Å². The molecule has 0 aromatic carbocycles. The molecule has 1 rings (SSSR count). The maximum Gasteiger partial charge on any atom is 0.00645 e. The maximum atomic E-state index is 6.05. The van der Waals surface area contributed by atoms with Crippen LogP contribution in [-0.2, 0) is 0 Å². The third kappa shape index (κ3) is 3.14. The molecule has 0 bridgehead atoms. The molecule has 0 spiro atoms. The van der Waals surface area contributed by atoms with E-state index in [2.05, 4.69) is 13.8 Å². The largest absolute Gasteiger partial charge is 0.327 e. The van der Waals surface area contributed by atoms with Crippen LogP contribution in [0.15, 0.2) is 0 Å². The molecular formula is C11H23N. The molecule has 1 atom stereocenters. The normalized spacial score (nSPS) is 23.0. The van der Waals surface area contributed by atoms with Gasteiger partial charge in [-0.3, -0.25) is 0 Å². The zero-order valence-corrected chi connectivity index (χ0v) is 8.55. The SMILES string of the molecule is CC(C)[C@H](N)CC1CCCCC1. The molecule has 0 unspecified atom stereocenters. The summed E-state index contributed by atoms with van der Waals surface area (Å²) in [7, 11) is 0. The van der Waals surface area contributed by atoms with Crippen LogP contribution in [0.3, 0.4) is 0 Å². The van der Waals surface area contributed by atoms with Gasteiger partial charge in [0.15, 0.2) is 0 Å². The van der Waals surface area contributed by atoms with Crippen molar-refractivity contribution >= 4 is 0 Å². The van der Waals surface area contributed by atoms with Crippen LogP contribution in [0.4, 0.5) is 0 Å². The van der Waals surface area contributed by atoms with Gasteiger partial charge in [-0.05, 0) is 18.3 Å². The predicted octanol–water partition coefficient (Wildman–Crippen LogP) is 2.94. The highest BCUT2D eigenvalue weighted by Gasteiger charge is 2.17. The van der Waals surface area contributed by atoms with Gasteiger partial charge in [-0.25, -0.2) is 0 Å². The summed E-state index contributed by atoms with van der Waals surface area (Å²) in [5, 5.41) is 0. The van der Waals surface area contributed by atoms with E-state index >= 15 is 0 Å². The molecule has 1 nitrogen and oxygen atoms in total. The average molecular weight is 169 g/mol. The third-order valence-electron chi connectivity index (χ3n) is 3.19. The molecule has 1 aliphatic rings. The summed E-state index contributed by atoms with van der Waals surface area (Å²) in [6, 6.07) is 0.438. The summed E-state index contributed by atoms with van der Waals surface area (Å²) < 4.78 is 0. The van der Waals surface area contributed by atoms with Gasteiger partial charge in [0.05, 0.1) is 0 Å². The van der Waals surface area contributed by atoms with Crippen LogP contribution in [0.1, 0.15) is 52.4 Å². The van der Waals surface area contributed by atoms with E-state index in [0.29, 0.717) is 12.0 Å². The summed E-state index contributed by atoms with van der Waals surface area (Å²) in [6.07, 6.45) is 8.46. The molecule has 0 amide bonds. The molecule has 0 saturated heterocycles. The van der Waals surface area contributed by atoms with Crippen LogP contribution < -0.4 is 5.73 Å². The van der Waals surface area contributed by atoms with Crippen molar-refractivity contribution in [1.82, 2.24) is 0 Å². The summed E-state index contributed by atoms with van der Waals surface area (Å²) in [6.45, 7) is 4.46. The van der Waals surface area contributed by atoms with Gasteiger partial charge in [-0.1, -0.05) is 46.0 Å². The van der Waals surface area contributed by atoms with Gasteiger partial charge in [0, 0.05) is 6.04 Å². The Labute approximate surface area is 76.7 Å². The average Bonchev–Trinajstić information content (AvgIpc) is 2.06. The number of hydrogen-bond acceptors (Lipinski definition) is 1. The van der Waals surface area contributed by atoms with Crippen LogP contribution in [0.25, 0.3) is 0 Å². The second-order valence-electron chi connectivity index (χ2n) is 4.65. The predicted molar refractivity (Wildman–Crippen MR) is 54.0 cm³/mol. The first-order valence-electron chi connectivity index (χ1n) is 5.45. The fourth-order valence-electron chi connectivity index (χ4n) is 2.08. The lowest BCUT2D eigenvalue weighted by atomic mass is 9.83. The molecule has 12 heavy (non-hydrogen) atoms. The van der Waals surface area contributed by atoms with E-state index in [9.17, 15) is 0 Å². The van der Waals surface area contributed by atoms with Crippen LogP contribution >= 0.6 is 0 Å². The topological polar surface area (TPSA) is 26.0 Å². The van der Waals surface area contributed by atoms with Crippen LogP contribution in [0.2, 0.25) is 0 Å². The van der Waals surface area contributed by atoms with Crippen molar-refractivity contribution in [1.29, 1.82) is 0 Å². The smallest absolute Gasteiger partial charge is 0.00645 e. The van der Waals surface area contributed by atoms with Gasteiger partial charge >= 0.3 is 0 Å². The minimum Gasteiger partial charge on any atom is -0.327 e. The highest BCUT2D eigenvalue weighted by atomic mass is 14.6. The van der Waals surface area contributed by atoms with Gasteiger partial charge in [0.2, 0.25) is 0 Å². The van der Waals surface area contributed by atoms with Gasteiger partial charge in [-0.15, -0.1) is 0 Å². The Hall–Kier alpha value is -0.0400. The maximum absolute atomic E-state index is 6.05. The molecule has 2 N–H and O–H groups in total. The lowest BCUT2D eigenvalue weighted by molar-refractivity contribution is 0.293. The van der Waals surface area contributed by atoms with E-state index in [0.717, 1.165) is 5.92 Å². The molecule has 0 aliphatic heterocycles. The quantitative estimate of drug-likeness (QED) is 0.690. The number of rotatable bonds is 3. The van der Waals surface area contributed by atoms with Crippen molar-refractivity contribution in [3.8, 4) is 0 Å². The summed E-state index contributed by atoms with van der Waals surface area (Å²) >= 11 is 0. The summed E-state index contributed by atoms with van der Waals surface area (Å²) in [5.74, 6) is 1.60. The molecule has 0 aromatic heterocycles. The molecule has 72 valence electrons. The van der Waals surface area contributed by atoms with Crippen molar-refractivity contribution < 1.29 is 0 Å². The minimum atomic E-state index is 0.438. The second kappa shape index (κ2) is 4.86. The Morgan fingerprint density at radius 2 is 1.75 bits per heavy atom. The summed E-state index contributed by atoms with van der Waals surface area (Å²) in [5.41, 5.74) is 6.05. The number of nitrogens with two attached hydrogens (primary N) is 1. The molecule has 1 aliphatic carbocycles. The van der Waals surface area contributed by atoms with Gasteiger partial charge in [-0.2, -0.15) is 0 Å². The van der Waals surface area contributed by atoms with Crippen molar-refractivity contribution in [2.45, 2.75) is 58.4 Å². The molecule has 1 saturated carbocycles. The van der Waals surface area contributed by atoms with Gasteiger partial charge in [0.1, 0.15) is 0 Å². The Bertz CT molecular complexity index is 114. The second-order valence-corrected chi connectivity index (χ2v) is 4.65. The van der Waals surface area contributed by atoms with E-state index in [1.54, 1.807) is 0 Å². The van der Waals surface area contributed by atoms with Gasteiger partial charge in [0.25, 0.3) is 0 Å². The van der Waals surface area contributed by atoms with E-state index in [1.165, 1.54) is 38.5 Å². The Morgan fingerprint density at radius 1 is 1.17 bits per heavy atom. The Kier molecular flexibility index (Phi) is 4.07. The zero-order valence-electron chi connectivity index (χ0n) is 8.55. The van der Waals surface area contributed by atoms with Crippen molar-refractivity contribution in [2.24, 2.45) is 17.6 Å². The third-order valence-corrected chi connectivity index (χ3v) is 3.19. The molecule has 0 radical (unpaired) electrons. The van der Waals surface area contributed by atoms with E-state index < -0.39 is 0 Å². The molecule has 0 heterocycles. The van der Waals surface area contributed by atoms with Crippen molar-refractivity contribution in [3.05, 3.63) is 0 Å². The van der Waals surface area contributed by atoms with Crippen LogP contribution in [0, 0.1) is 11.8 Å². The van der Waals surface area contributed by atoms with Crippen LogP contribution in [0.5, 0.6) is 0 Å². The van der Waals surface area contributed by atoms with Crippen molar-refractivity contribution in [3.63, 3.8) is 0 Å². The summed E-state index contributed by atoms with van der Waals surface area (Å²) in [4.78, 5) is 0. The standard InChI is InChI=1S/C11H23N/c1-9(2)11(12)8-10-6-4-3-5-7-10/h9-11H,3-8,12H2,1-2H3/t11-/m1/s1. The lowest BCUT2D eigenvalue weighted by Gasteiger charge is -2.26. The van der Waals surface area contributed by atoms with Crippen LogP contribution in [-0.4, -0.2) is 6.04 Å². The first-order chi connectivity index (χ1) is 5.70. The highest BCUT2D eigenvalue weighted by Crippen LogP contribution is 2.28. The van der Waals surface area contributed by atoms with Crippen molar-refractivity contribution in [2.75, 3.05) is 0 Å². The fraction of sp³-hybridized carbons (Fsp3) is 1.00. The molecule has 0 aromatic rings. The molecule has 1 heteroatoms. The zero-order chi connectivity index (χ0) is 8.97. The first-order valence-corrected chi connectivity index (χ1v) is 5.45. The fourth-order valence-corrected chi connectivity index (χ4v) is 2.08. The van der Waals surface area contributed by atoms with Gasteiger partial charge < -0.3 is 5.73 Å². The molecular weight excluding hydrogens is 146 g/mol. The highest BCUT2D eigenvalue weighted by molar-refractivity contribution is 4.73. The minimum absolute atomic E-state index is 0.438. The van der Waals surface area contributed by atoms with E-state index in [1.807, 2.05) is 0 Å². The number of hydrogen-bond donors (Lipinski definition) is 1. The Balaban J connectivity index is 2.20. The first kappa shape index (κ1) is 10.0. The Morgan fingerprint density at radius 3 is 2.25 bits per heavy atom. The monoisotopic (exact) mass is 169 g/mol. The molecule has 1 fully saturated rings.